The molecule has 1 heterocycles. The fourth-order valence-corrected chi connectivity index (χ4v) is 2.59. The Morgan fingerprint density at radius 2 is 1.84 bits per heavy atom. The van der Waals surface area contributed by atoms with Crippen molar-refractivity contribution in [3.63, 3.8) is 0 Å². The fraction of sp³-hybridized carbons (Fsp3) is 0.250. The minimum absolute atomic E-state index is 0.0307. The van der Waals surface area contributed by atoms with E-state index in [1.165, 1.54) is 5.56 Å². The minimum atomic E-state index is -0.0307. The van der Waals surface area contributed by atoms with Gasteiger partial charge in [0.1, 0.15) is 0 Å². The Hall–Kier alpha value is -2.95. The molecule has 0 aliphatic heterocycles. The average molecular weight is 335 g/mol. The molecule has 0 radical (unpaired) electrons. The second-order valence-corrected chi connectivity index (χ2v) is 6.15. The third-order valence-corrected chi connectivity index (χ3v) is 3.88. The van der Waals surface area contributed by atoms with Gasteiger partial charge in [-0.05, 0) is 25.5 Å². The molecule has 0 aliphatic carbocycles. The summed E-state index contributed by atoms with van der Waals surface area (Å²) in [7, 11) is 0. The quantitative estimate of drug-likeness (QED) is 0.747. The lowest BCUT2D eigenvalue weighted by atomic mass is 10.1. The van der Waals surface area contributed by atoms with Gasteiger partial charge in [-0.2, -0.15) is 4.98 Å². The highest BCUT2D eigenvalue weighted by molar-refractivity contribution is 5.76. The third-order valence-electron chi connectivity index (χ3n) is 3.88. The molecule has 1 amide bonds. The molecule has 5 nitrogen and oxygen atoms in total. The van der Waals surface area contributed by atoms with Gasteiger partial charge in [-0.3, -0.25) is 4.79 Å². The molecule has 0 atom stereocenters. The summed E-state index contributed by atoms with van der Waals surface area (Å²) < 4.78 is 5.25. The topological polar surface area (TPSA) is 68.0 Å². The second kappa shape index (κ2) is 7.75. The van der Waals surface area contributed by atoms with Crippen LogP contribution in [0, 0.1) is 13.8 Å². The zero-order valence-electron chi connectivity index (χ0n) is 14.5. The van der Waals surface area contributed by atoms with E-state index in [0.29, 0.717) is 31.1 Å². The van der Waals surface area contributed by atoms with E-state index in [0.717, 1.165) is 16.7 Å². The van der Waals surface area contributed by atoms with E-state index < -0.39 is 0 Å². The van der Waals surface area contributed by atoms with Gasteiger partial charge >= 0.3 is 0 Å². The number of aryl methyl sites for hydroxylation is 3. The summed E-state index contributed by atoms with van der Waals surface area (Å²) in [6, 6.07) is 16.0. The van der Waals surface area contributed by atoms with Crippen molar-refractivity contribution in [1.29, 1.82) is 0 Å². The van der Waals surface area contributed by atoms with Gasteiger partial charge in [-0.1, -0.05) is 58.7 Å². The van der Waals surface area contributed by atoms with Crippen LogP contribution in [0.2, 0.25) is 0 Å². The summed E-state index contributed by atoms with van der Waals surface area (Å²) in [4.78, 5) is 16.4. The molecule has 0 saturated carbocycles. The Kier molecular flexibility index (Phi) is 5.23. The van der Waals surface area contributed by atoms with Crippen LogP contribution in [0.25, 0.3) is 11.4 Å². The van der Waals surface area contributed by atoms with E-state index in [1.54, 1.807) is 0 Å². The zero-order chi connectivity index (χ0) is 17.6. The molecule has 128 valence electrons. The number of hydrogen-bond donors (Lipinski definition) is 1. The molecule has 3 rings (SSSR count). The number of hydrogen-bond acceptors (Lipinski definition) is 4. The second-order valence-electron chi connectivity index (χ2n) is 6.15. The maximum atomic E-state index is 12.0. The predicted molar refractivity (Wildman–Crippen MR) is 95.8 cm³/mol. The van der Waals surface area contributed by atoms with Crippen molar-refractivity contribution in [3.05, 3.63) is 71.1 Å². The fourth-order valence-electron chi connectivity index (χ4n) is 2.59. The molecule has 3 aromatic rings. The van der Waals surface area contributed by atoms with E-state index in [9.17, 15) is 4.79 Å². The number of nitrogens with zero attached hydrogens (tertiary/aromatic N) is 2. The molecule has 0 spiro atoms. The van der Waals surface area contributed by atoms with Crippen molar-refractivity contribution in [2.45, 2.75) is 33.2 Å². The molecule has 0 aliphatic rings. The van der Waals surface area contributed by atoms with Gasteiger partial charge in [-0.15, -0.1) is 0 Å². The van der Waals surface area contributed by atoms with Gasteiger partial charge in [0.05, 0.1) is 0 Å². The molecular formula is C20H21N3O2. The van der Waals surface area contributed by atoms with Crippen LogP contribution in [-0.2, 0) is 17.8 Å². The summed E-state index contributed by atoms with van der Waals surface area (Å²) in [6.07, 6.45) is 0.750. The summed E-state index contributed by atoms with van der Waals surface area (Å²) in [5.41, 5.74) is 4.33. The van der Waals surface area contributed by atoms with Crippen molar-refractivity contribution in [2.75, 3.05) is 0 Å². The summed E-state index contributed by atoms with van der Waals surface area (Å²) >= 11 is 0. The smallest absolute Gasteiger partial charge is 0.227 e. The predicted octanol–water partition coefficient (Wildman–Crippen LogP) is 3.60. The lowest BCUT2D eigenvalue weighted by Gasteiger charge is -2.05. The Labute approximate surface area is 147 Å². The first-order chi connectivity index (χ1) is 12.1. The minimum Gasteiger partial charge on any atom is -0.352 e. The first-order valence-corrected chi connectivity index (χ1v) is 8.32. The average Bonchev–Trinajstić information content (AvgIpc) is 3.07. The van der Waals surface area contributed by atoms with Gasteiger partial charge in [0.15, 0.2) is 0 Å². The van der Waals surface area contributed by atoms with Gasteiger partial charge in [0.25, 0.3) is 0 Å². The van der Waals surface area contributed by atoms with E-state index in [-0.39, 0.29) is 5.91 Å². The monoisotopic (exact) mass is 335 g/mol. The lowest BCUT2D eigenvalue weighted by Crippen LogP contribution is -2.23. The Morgan fingerprint density at radius 1 is 1.08 bits per heavy atom. The van der Waals surface area contributed by atoms with Crippen LogP contribution >= 0.6 is 0 Å². The van der Waals surface area contributed by atoms with E-state index in [4.69, 9.17) is 4.52 Å². The van der Waals surface area contributed by atoms with Crippen LogP contribution in [0.5, 0.6) is 0 Å². The maximum absolute atomic E-state index is 12.0. The molecule has 0 unspecified atom stereocenters. The molecule has 25 heavy (non-hydrogen) atoms. The largest absolute Gasteiger partial charge is 0.352 e. The Morgan fingerprint density at radius 3 is 2.60 bits per heavy atom. The van der Waals surface area contributed by atoms with Gasteiger partial charge in [0.2, 0.25) is 17.6 Å². The zero-order valence-corrected chi connectivity index (χ0v) is 14.5. The molecule has 0 fully saturated rings. The van der Waals surface area contributed by atoms with Crippen LogP contribution in [0.15, 0.2) is 53.1 Å². The van der Waals surface area contributed by atoms with Crippen LogP contribution in [-0.4, -0.2) is 16.0 Å². The highest BCUT2D eigenvalue weighted by Crippen LogP contribution is 2.17. The number of aromatic nitrogens is 2. The number of carbonyl (C=O) groups excluding carboxylic acids is 1. The molecular weight excluding hydrogens is 314 g/mol. The lowest BCUT2D eigenvalue weighted by molar-refractivity contribution is -0.121. The number of amides is 1. The van der Waals surface area contributed by atoms with E-state index in [1.807, 2.05) is 56.3 Å². The molecule has 0 saturated heterocycles. The van der Waals surface area contributed by atoms with E-state index >= 15 is 0 Å². The summed E-state index contributed by atoms with van der Waals surface area (Å²) in [5, 5.41) is 6.90. The highest BCUT2D eigenvalue weighted by atomic mass is 16.5. The summed E-state index contributed by atoms with van der Waals surface area (Å²) in [5.74, 6) is 0.998. The number of carbonyl (C=O) groups is 1. The molecule has 1 aromatic heterocycles. The van der Waals surface area contributed by atoms with Crippen molar-refractivity contribution in [3.8, 4) is 11.4 Å². The van der Waals surface area contributed by atoms with Crippen LogP contribution < -0.4 is 5.32 Å². The van der Waals surface area contributed by atoms with Crippen LogP contribution in [0.3, 0.4) is 0 Å². The van der Waals surface area contributed by atoms with Crippen molar-refractivity contribution < 1.29 is 9.32 Å². The first kappa shape index (κ1) is 16.9. The van der Waals surface area contributed by atoms with E-state index in [2.05, 4.69) is 21.5 Å². The SMILES string of the molecule is Cc1cccc(CNC(=O)CCc2nc(-c3cccc(C)c3)no2)c1. The third kappa shape index (κ3) is 4.76. The van der Waals surface area contributed by atoms with Gasteiger partial charge < -0.3 is 9.84 Å². The van der Waals surface area contributed by atoms with Crippen LogP contribution in [0.1, 0.15) is 29.0 Å². The highest BCUT2D eigenvalue weighted by Gasteiger charge is 2.10. The molecule has 5 heteroatoms. The van der Waals surface area contributed by atoms with Crippen molar-refractivity contribution in [2.24, 2.45) is 0 Å². The Balaban J connectivity index is 1.51. The molecule has 2 aromatic carbocycles. The normalized spacial score (nSPS) is 10.6. The van der Waals surface area contributed by atoms with Gasteiger partial charge in [0, 0.05) is 24.9 Å². The molecule has 1 N–H and O–H groups in total. The van der Waals surface area contributed by atoms with Crippen molar-refractivity contribution in [1.82, 2.24) is 15.5 Å². The Bertz CT molecular complexity index is 871. The van der Waals surface area contributed by atoms with Crippen LogP contribution in [0.4, 0.5) is 0 Å². The summed E-state index contributed by atoms with van der Waals surface area (Å²) in [6.45, 7) is 4.58. The number of rotatable bonds is 6. The number of nitrogens with one attached hydrogen (secondary N) is 1. The van der Waals surface area contributed by atoms with Crippen molar-refractivity contribution >= 4 is 5.91 Å². The maximum Gasteiger partial charge on any atom is 0.227 e. The molecule has 0 bridgehead atoms. The standard InChI is InChI=1S/C20H21N3O2/c1-14-5-3-7-16(11-14)13-21-18(24)9-10-19-22-20(23-25-19)17-8-4-6-15(2)12-17/h3-8,11-12H,9-10,13H2,1-2H3,(H,21,24). The first-order valence-electron chi connectivity index (χ1n) is 8.32. The van der Waals surface area contributed by atoms with Gasteiger partial charge in [-0.25, -0.2) is 0 Å². The number of benzene rings is 2.